The van der Waals surface area contributed by atoms with Crippen LogP contribution in [0.15, 0.2) is 11.6 Å². The maximum Gasteiger partial charge on any atom is 0.331 e. The van der Waals surface area contributed by atoms with Crippen molar-refractivity contribution in [2.24, 2.45) is 34.5 Å². The molecular formula is C41H64O14. The molecule has 14 nitrogen and oxygen atoms in total. The van der Waals surface area contributed by atoms with E-state index in [-0.39, 0.29) is 55.2 Å². The van der Waals surface area contributed by atoms with Crippen LogP contribution in [0.5, 0.6) is 0 Å². The number of hydrogen-bond acceptors (Lipinski definition) is 14. The fourth-order valence-corrected chi connectivity index (χ4v) is 12.9. The van der Waals surface area contributed by atoms with E-state index in [1.54, 1.807) is 13.8 Å². The number of carbonyl (C=O) groups is 1. The highest BCUT2D eigenvalue weighted by Gasteiger charge is 2.70. The predicted molar refractivity (Wildman–Crippen MR) is 193 cm³/mol. The van der Waals surface area contributed by atoms with E-state index >= 15 is 0 Å². The van der Waals surface area contributed by atoms with Crippen LogP contribution in [0, 0.1) is 34.5 Å². The Morgan fingerprint density at radius 3 is 1.87 bits per heavy atom. The van der Waals surface area contributed by atoms with Crippen molar-refractivity contribution in [3.8, 4) is 0 Å². The van der Waals surface area contributed by atoms with Gasteiger partial charge in [-0.1, -0.05) is 13.8 Å². The molecule has 0 radical (unpaired) electrons. The van der Waals surface area contributed by atoms with Gasteiger partial charge in [-0.3, -0.25) is 0 Å². The molecule has 0 spiro atoms. The lowest BCUT2D eigenvalue weighted by Gasteiger charge is -2.63. The number of aliphatic hydroxyl groups excluding tert-OH is 5. The zero-order chi connectivity index (χ0) is 39.2. The van der Waals surface area contributed by atoms with Crippen molar-refractivity contribution in [3.63, 3.8) is 0 Å². The summed E-state index contributed by atoms with van der Waals surface area (Å²) in [7, 11) is 0. The highest BCUT2D eigenvalue weighted by molar-refractivity contribution is 5.85. The molecule has 0 aromatic rings. The van der Waals surface area contributed by atoms with E-state index in [9.17, 15) is 35.4 Å². The summed E-state index contributed by atoms with van der Waals surface area (Å²) in [5.74, 6) is 0.174. The molecule has 8 rings (SSSR count). The van der Waals surface area contributed by atoms with Gasteiger partial charge in [0.1, 0.15) is 24.9 Å². The zero-order valence-electron chi connectivity index (χ0n) is 32.9. The Hall–Kier alpha value is -1.27. The first kappa shape index (κ1) is 40.5. The standard InChI is InChI=1S/C41H64O14/c1-19-36(47)27(42)14-33(50-19)54-38-21(3)52-34(16-29(38)44)55-37-20(2)51-32(15-28(37)43)53-24-8-10-39(4)23(13-24)6-7-26-25(39)9-11-40(5)35(22-12-31(46)49-18-22)30(45)17-41(26,40)48/h12,19-21,23-30,32-38,42-45,47-48H,6-11,13-18H2,1-5H3/t19-,20-,21-,23-,24-,25+,26-,27+,28+,29+,30+,32+,33+,34+,35-,36-,37-,38-,39+,40-,41+/m1/s1. The molecule has 4 saturated carbocycles. The highest BCUT2D eigenvalue weighted by Crippen LogP contribution is 2.70. The molecule has 0 unspecified atom stereocenters. The van der Waals surface area contributed by atoms with Gasteiger partial charge in [0.15, 0.2) is 18.9 Å². The lowest BCUT2D eigenvalue weighted by Crippen LogP contribution is -2.62. The zero-order valence-corrected chi connectivity index (χ0v) is 32.9. The summed E-state index contributed by atoms with van der Waals surface area (Å²) >= 11 is 0. The Bertz CT molecular complexity index is 1410. The van der Waals surface area contributed by atoms with Crippen molar-refractivity contribution in [2.75, 3.05) is 6.61 Å². The van der Waals surface area contributed by atoms with Crippen molar-refractivity contribution >= 4 is 5.97 Å². The predicted octanol–water partition coefficient (Wildman–Crippen LogP) is 2.22. The number of rotatable bonds is 7. The van der Waals surface area contributed by atoms with E-state index in [0.717, 1.165) is 50.5 Å². The number of cyclic esters (lactones) is 1. The molecule has 4 heterocycles. The summed E-state index contributed by atoms with van der Waals surface area (Å²) in [4.78, 5) is 12.0. The molecule has 0 aromatic carbocycles. The first-order valence-electron chi connectivity index (χ1n) is 20.9. The number of ether oxygens (including phenoxy) is 7. The average molecular weight is 781 g/mol. The van der Waals surface area contributed by atoms with E-state index in [1.807, 2.05) is 6.92 Å². The third-order valence-corrected chi connectivity index (χ3v) is 15.8. The highest BCUT2D eigenvalue weighted by atomic mass is 16.7. The van der Waals surface area contributed by atoms with Crippen LogP contribution in [-0.4, -0.2) is 135 Å². The van der Waals surface area contributed by atoms with Gasteiger partial charge in [0.2, 0.25) is 0 Å². The second kappa shape index (κ2) is 15.1. The van der Waals surface area contributed by atoms with Crippen molar-refractivity contribution in [2.45, 2.75) is 197 Å². The smallest absolute Gasteiger partial charge is 0.331 e. The number of hydrogen-bond donors (Lipinski definition) is 6. The third kappa shape index (κ3) is 7.05. The monoisotopic (exact) mass is 780 g/mol. The fraction of sp³-hybridized carbons (Fsp3) is 0.927. The maximum absolute atomic E-state index is 12.6. The van der Waals surface area contributed by atoms with Gasteiger partial charge in [0.05, 0.1) is 54.4 Å². The Morgan fingerprint density at radius 1 is 0.691 bits per heavy atom. The van der Waals surface area contributed by atoms with Crippen molar-refractivity contribution in [1.82, 2.24) is 0 Å². The number of aliphatic hydroxyl groups is 6. The van der Waals surface area contributed by atoms with Crippen LogP contribution in [0.25, 0.3) is 0 Å². The van der Waals surface area contributed by atoms with Crippen molar-refractivity contribution in [1.29, 1.82) is 0 Å². The Morgan fingerprint density at radius 2 is 1.29 bits per heavy atom. The molecule has 55 heavy (non-hydrogen) atoms. The Balaban J connectivity index is 0.834. The molecule has 0 aromatic heterocycles. The van der Waals surface area contributed by atoms with Crippen molar-refractivity contribution in [3.05, 3.63) is 11.6 Å². The summed E-state index contributed by atoms with van der Waals surface area (Å²) in [6.07, 6.45) is -1.26. The van der Waals surface area contributed by atoms with E-state index in [2.05, 4.69) is 13.8 Å². The second-order valence-electron chi connectivity index (χ2n) is 18.9. The molecule has 7 fully saturated rings. The van der Waals surface area contributed by atoms with Gasteiger partial charge in [-0.2, -0.15) is 0 Å². The lowest BCUT2D eigenvalue weighted by atomic mass is 9.43. The summed E-state index contributed by atoms with van der Waals surface area (Å²) in [6, 6.07) is 0. The fourth-order valence-electron chi connectivity index (χ4n) is 12.9. The molecule has 14 heteroatoms. The summed E-state index contributed by atoms with van der Waals surface area (Å²) in [5, 5.41) is 66.3. The SMILES string of the molecule is C[C@H]1O[C@@H](O[C@H]2[C@@H](O)C[C@H](O[C@H]3[C@@H](O)C[C@H](O[C@@H]4CC[C@@]5(C)[C@H](CC[C@@H]6[C@@H]5CC[C@]5(C)[C@H](C7=CC(=O)OC7)[C@@H](O)C[C@]65O)C4)O[C@@H]3C)O[C@@H]2C)C[C@H](O)[C@@H]1O. The first-order valence-corrected chi connectivity index (χ1v) is 20.9. The summed E-state index contributed by atoms with van der Waals surface area (Å²) in [6.45, 7) is 9.98. The van der Waals surface area contributed by atoms with Crippen LogP contribution in [0.1, 0.15) is 105 Å². The normalized spacial score (nSPS) is 55.5. The van der Waals surface area contributed by atoms with Gasteiger partial charge in [0.25, 0.3) is 0 Å². The minimum Gasteiger partial charge on any atom is -0.458 e. The topological polar surface area (TPSA) is 203 Å². The minimum atomic E-state index is -1.01. The minimum absolute atomic E-state index is 0.0203. The molecule has 0 amide bonds. The average Bonchev–Trinajstić information content (AvgIpc) is 3.62. The molecule has 6 N–H and O–H groups in total. The van der Waals surface area contributed by atoms with E-state index < -0.39 is 90.9 Å². The lowest BCUT2D eigenvalue weighted by molar-refractivity contribution is -0.336. The van der Waals surface area contributed by atoms with Gasteiger partial charge in [0, 0.05) is 43.1 Å². The summed E-state index contributed by atoms with van der Waals surface area (Å²) in [5.41, 5.74) is -0.686. The van der Waals surface area contributed by atoms with E-state index in [0.29, 0.717) is 18.3 Å². The van der Waals surface area contributed by atoms with Crippen LogP contribution < -0.4 is 0 Å². The molecule has 21 atom stereocenters. The van der Waals surface area contributed by atoms with Crippen LogP contribution in [0.3, 0.4) is 0 Å². The van der Waals surface area contributed by atoms with Crippen LogP contribution in [0.4, 0.5) is 0 Å². The van der Waals surface area contributed by atoms with Crippen LogP contribution >= 0.6 is 0 Å². The molecular weight excluding hydrogens is 716 g/mol. The Kier molecular flexibility index (Phi) is 11.1. The molecule has 8 aliphatic rings. The van der Waals surface area contributed by atoms with E-state index in [4.69, 9.17) is 33.2 Å². The molecule has 4 aliphatic heterocycles. The number of esters is 1. The van der Waals surface area contributed by atoms with Gasteiger partial charge in [-0.05, 0) is 94.5 Å². The second-order valence-corrected chi connectivity index (χ2v) is 18.9. The van der Waals surface area contributed by atoms with Crippen LogP contribution in [-0.2, 0) is 38.0 Å². The largest absolute Gasteiger partial charge is 0.458 e. The van der Waals surface area contributed by atoms with Crippen LogP contribution in [0.2, 0.25) is 0 Å². The molecule has 0 bridgehead atoms. The number of carbonyl (C=O) groups excluding carboxylic acids is 1. The quantitative estimate of drug-likeness (QED) is 0.162. The first-order chi connectivity index (χ1) is 26.0. The van der Waals surface area contributed by atoms with Gasteiger partial charge in [-0.25, -0.2) is 4.79 Å². The molecule has 312 valence electrons. The molecule has 4 aliphatic carbocycles. The van der Waals surface area contributed by atoms with Gasteiger partial charge >= 0.3 is 5.97 Å². The maximum atomic E-state index is 12.6. The van der Waals surface area contributed by atoms with Gasteiger partial charge < -0.3 is 63.8 Å². The van der Waals surface area contributed by atoms with Gasteiger partial charge in [-0.15, -0.1) is 0 Å². The Labute approximate surface area is 323 Å². The summed E-state index contributed by atoms with van der Waals surface area (Å²) < 4.78 is 42.1. The van der Waals surface area contributed by atoms with Crippen molar-refractivity contribution < 1.29 is 68.6 Å². The molecule has 3 saturated heterocycles. The number of fused-ring (bicyclic) bond motifs is 5. The third-order valence-electron chi connectivity index (χ3n) is 15.8. The van der Waals surface area contributed by atoms with E-state index in [1.165, 1.54) is 6.08 Å².